The van der Waals surface area contributed by atoms with E-state index in [1.807, 2.05) is 0 Å². The minimum atomic E-state index is -4.84. The number of rotatable bonds is 3. The number of hydrogen-bond acceptors (Lipinski definition) is 5. The van der Waals surface area contributed by atoms with Crippen LogP contribution in [0.3, 0.4) is 0 Å². The Bertz CT molecular complexity index is 740. The molecule has 1 rings (SSSR count). The average molecular weight is 483 g/mol. The molecular formula is C12H3BrF3IN4O. The molecule has 0 amide bonds. The maximum atomic E-state index is 12.2. The molecule has 1 N–H and O–H groups in total. The van der Waals surface area contributed by atoms with Gasteiger partial charge in [-0.1, -0.05) is 0 Å². The number of nitrogens with zero attached hydrogens (tertiary/aromatic N) is 3. The fraction of sp³-hybridized carbons (Fsp3) is 0.0833. The van der Waals surface area contributed by atoms with Crippen molar-refractivity contribution in [1.82, 2.24) is 0 Å². The second-order valence-corrected chi connectivity index (χ2v) is 5.54. The number of ether oxygens (including phenoxy) is 1. The van der Waals surface area contributed by atoms with E-state index in [-0.39, 0.29) is 15.9 Å². The summed E-state index contributed by atoms with van der Waals surface area (Å²) in [6.45, 7) is 0. The highest BCUT2D eigenvalue weighted by molar-refractivity contribution is 14.1. The summed E-state index contributed by atoms with van der Waals surface area (Å²) in [4.78, 5) is 0. The van der Waals surface area contributed by atoms with Gasteiger partial charge in [-0.2, -0.15) is 15.8 Å². The lowest BCUT2D eigenvalue weighted by molar-refractivity contribution is -0.274. The minimum Gasteiger partial charge on any atom is -0.405 e. The van der Waals surface area contributed by atoms with E-state index in [0.717, 1.165) is 6.07 Å². The molecule has 0 aliphatic heterocycles. The van der Waals surface area contributed by atoms with E-state index in [2.05, 4.69) is 26.0 Å². The molecule has 0 atom stereocenters. The lowest BCUT2D eigenvalue weighted by Crippen LogP contribution is -2.17. The van der Waals surface area contributed by atoms with Gasteiger partial charge in [0.2, 0.25) is 0 Å². The van der Waals surface area contributed by atoms with Gasteiger partial charge in [0.1, 0.15) is 29.7 Å². The van der Waals surface area contributed by atoms with Gasteiger partial charge in [0, 0.05) is 3.57 Å². The Labute approximate surface area is 144 Å². The van der Waals surface area contributed by atoms with Crippen LogP contribution in [0, 0.1) is 37.6 Å². The number of allylic oxidation sites excluding steroid dienone is 2. The molecule has 5 nitrogen and oxygen atoms in total. The van der Waals surface area contributed by atoms with Crippen molar-refractivity contribution in [3.05, 3.63) is 31.4 Å². The van der Waals surface area contributed by atoms with Gasteiger partial charge in [0.05, 0.1) is 10.2 Å². The first-order chi connectivity index (χ1) is 10.2. The van der Waals surface area contributed by atoms with Crippen LogP contribution in [-0.4, -0.2) is 6.36 Å². The van der Waals surface area contributed by atoms with E-state index >= 15 is 0 Å². The molecule has 0 saturated heterocycles. The van der Waals surface area contributed by atoms with Crippen LogP contribution in [0.1, 0.15) is 0 Å². The fourth-order valence-corrected chi connectivity index (χ4v) is 2.24. The average Bonchev–Trinajstić information content (AvgIpc) is 2.42. The highest BCUT2D eigenvalue weighted by Gasteiger charge is 2.32. The van der Waals surface area contributed by atoms with Crippen LogP contribution in [0.25, 0.3) is 0 Å². The molecule has 112 valence electrons. The second kappa shape index (κ2) is 7.34. The van der Waals surface area contributed by atoms with Crippen molar-refractivity contribution in [2.24, 2.45) is 0 Å². The molecule has 22 heavy (non-hydrogen) atoms. The van der Waals surface area contributed by atoms with Crippen molar-refractivity contribution in [2.45, 2.75) is 6.36 Å². The molecule has 0 bridgehead atoms. The largest absolute Gasteiger partial charge is 0.573 e. The van der Waals surface area contributed by atoms with Crippen molar-refractivity contribution < 1.29 is 17.9 Å². The number of halogens is 5. The van der Waals surface area contributed by atoms with Crippen LogP contribution in [0.15, 0.2) is 27.9 Å². The van der Waals surface area contributed by atoms with Crippen molar-refractivity contribution in [2.75, 3.05) is 5.32 Å². The van der Waals surface area contributed by atoms with Gasteiger partial charge < -0.3 is 10.1 Å². The Morgan fingerprint density at radius 2 is 1.77 bits per heavy atom. The Hall–Kier alpha value is -1.97. The maximum Gasteiger partial charge on any atom is 0.573 e. The van der Waals surface area contributed by atoms with Gasteiger partial charge in [0.25, 0.3) is 0 Å². The zero-order valence-electron chi connectivity index (χ0n) is 10.3. The van der Waals surface area contributed by atoms with E-state index in [1.54, 1.807) is 40.8 Å². The Morgan fingerprint density at radius 1 is 1.18 bits per heavy atom. The molecule has 0 aromatic heterocycles. The van der Waals surface area contributed by atoms with Gasteiger partial charge >= 0.3 is 6.36 Å². The van der Waals surface area contributed by atoms with Gasteiger partial charge in [-0.3, -0.25) is 0 Å². The summed E-state index contributed by atoms with van der Waals surface area (Å²) >= 11 is 4.64. The molecular weight excluding hydrogens is 480 g/mol. The molecule has 0 aliphatic carbocycles. The number of hydrogen-bond donors (Lipinski definition) is 1. The maximum absolute atomic E-state index is 12.2. The highest BCUT2D eigenvalue weighted by Crippen LogP contribution is 2.36. The lowest BCUT2D eigenvalue weighted by Gasteiger charge is -2.14. The van der Waals surface area contributed by atoms with Crippen molar-refractivity contribution >= 4 is 44.2 Å². The first-order valence-corrected chi connectivity index (χ1v) is 7.05. The predicted octanol–water partition coefficient (Wildman–Crippen LogP) is 4.19. The molecule has 0 saturated carbocycles. The van der Waals surface area contributed by atoms with E-state index in [4.69, 9.17) is 15.8 Å². The van der Waals surface area contributed by atoms with E-state index in [9.17, 15) is 13.2 Å². The number of nitrogens with one attached hydrogen (secondary N) is 1. The van der Waals surface area contributed by atoms with Crippen LogP contribution in [-0.2, 0) is 0 Å². The fourth-order valence-electron chi connectivity index (χ4n) is 1.25. The van der Waals surface area contributed by atoms with Gasteiger partial charge in [-0.15, -0.1) is 13.2 Å². The minimum absolute atomic E-state index is 0.0134. The third-order valence-electron chi connectivity index (χ3n) is 2.09. The Balaban J connectivity index is 3.23. The molecule has 0 heterocycles. The molecule has 0 radical (unpaired) electrons. The summed E-state index contributed by atoms with van der Waals surface area (Å²) < 4.78 is 40.8. The first-order valence-electron chi connectivity index (χ1n) is 5.18. The van der Waals surface area contributed by atoms with E-state index in [1.165, 1.54) is 6.07 Å². The van der Waals surface area contributed by atoms with Crippen molar-refractivity contribution in [1.29, 1.82) is 15.8 Å². The third-order valence-corrected chi connectivity index (χ3v) is 3.60. The SMILES string of the molecule is N#CC(C#N)=C(C#N)Nc1cc(Br)c(OC(F)(F)F)cc1I. The van der Waals surface area contributed by atoms with Crippen LogP contribution < -0.4 is 10.1 Å². The first kappa shape index (κ1) is 18.1. The monoisotopic (exact) mass is 482 g/mol. The summed E-state index contributed by atoms with van der Waals surface area (Å²) in [6, 6.07) is 7.07. The number of nitriles is 3. The zero-order chi connectivity index (χ0) is 16.9. The Kier molecular flexibility index (Phi) is 6.03. The smallest absolute Gasteiger partial charge is 0.405 e. The quantitative estimate of drug-likeness (QED) is 0.515. The molecule has 1 aromatic rings. The second-order valence-electron chi connectivity index (χ2n) is 3.52. The van der Waals surface area contributed by atoms with E-state index in [0.29, 0.717) is 3.57 Å². The predicted molar refractivity (Wildman–Crippen MR) is 81.0 cm³/mol. The molecule has 10 heteroatoms. The van der Waals surface area contributed by atoms with Gasteiger partial charge in [-0.25, -0.2) is 0 Å². The summed E-state index contributed by atoms with van der Waals surface area (Å²) in [7, 11) is 0. The van der Waals surface area contributed by atoms with E-state index < -0.39 is 17.7 Å². The molecule has 0 unspecified atom stereocenters. The number of benzene rings is 1. The number of alkyl halides is 3. The van der Waals surface area contributed by atoms with Gasteiger partial charge in [0.15, 0.2) is 5.57 Å². The summed E-state index contributed by atoms with van der Waals surface area (Å²) in [5.74, 6) is -0.453. The Morgan fingerprint density at radius 3 is 2.23 bits per heavy atom. The van der Waals surface area contributed by atoms with Gasteiger partial charge in [-0.05, 0) is 50.7 Å². The van der Waals surface area contributed by atoms with Crippen molar-refractivity contribution in [3.8, 4) is 24.0 Å². The van der Waals surface area contributed by atoms with Crippen molar-refractivity contribution in [3.63, 3.8) is 0 Å². The molecule has 0 aliphatic rings. The zero-order valence-corrected chi connectivity index (χ0v) is 14.0. The highest BCUT2D eigenvalue weighted by atomic mass is 127. The topological polar surface area (TPSA) is 92.6 Å². The van der Waals surface area contributed by atoms with Crippen LogP contribution >= 0.6 is 38.5 Å². The number of anilines is 1. The third kappa shape index (κ3) is 4.79. The molecule has 0 spiro atoms. The standard InChI is InChI=1S/C12H3BrF3IN4O/c13-7-1-9(21-10(5-20)6(3-18)4-19)8(17)2-11(7)22-12(14,15)16/h1-2,21H. The summed E-state index contributed by atoms with van der Waals surface area (Å²) in [6.07, 6.45) is -4.84. The molecule has 1 aromatic carbocycles. The lowest BCUT2D eigenvalue weighted by atomic mass is 10.2. The van der Waals surface area contributed by atoms with Crippen LogP contribution in [0.5, 0.6) is 5.75 Å². The van der Waals surface area contributed by atoms with Crippen LogP contribution in [0.4, 0.5) is 18.9 Å². The summed E-state index contributed by atoms with van der Waals surface area (Å²) in [5.41, 5.74) is -0.508. The van der Waals surface area contributed by atoms with Crippen LogP contribution in [0.2, 0.25) is 0 Å². The molecule has 0 fully saturated rings. The normalized spacial score (nSPS) is 9.91. The summed E-state index contributed by atoms with van der Waals surface area (Å²) in [5, 5.41) is 28.9.